The molecule has 26 heavy (non-hydrogen) atoms. The van der Waals surface area contributed by atoms with Crippen LogP contribution in [0.4, 0.5) is 0 Å². The van der Waals surface area contributed by atoms with Gasteiger partial charge in [-0.3, -0.25) is 14.5 Å². The average molecular weight is 350 g/mol. The van der Waals surface area contributed by atoms with Gasteiger partial charge < -0.3 is 5.11 Å². The molecule has 1 aliphatic heterocycles. The van der Waals surface area contributed by atoms with Gasteiger partial charge in [-0.05, 0) is 62.1 Å². The highest BCUT2D eigenvalue weighted by molar-refractivity contribution is 6.22. The number of rotatable bonds is 1. The zero-order valence-corrected chi connectivity index (χ0v) is 15.2. The summed E-state index contributed by atoms with van der Waals surface area (Å²) in [6.45, 7) is 7.72. The summed E-state index contributed by atoms with van der Waals surface area (Å²) in [4.78, 5) is 26.8. The Morgan fingerprint density at radius 1 is 0.808 bits per heavy atom. The Bertz CT molecular complexity index is 1060. The topological polar surface area (TPSA) is 88.3 Å². The maximum absolute atomic E-state index is 12.2. The number of aromatic nitrogens is 3. The van der Waals surface area contributed by atoms with Gasteiger partial charge in [0.2, 0.25) is 0 Å². The van der Waals surface area contributed by atoms with E-state index in [1.807, 2.05) is 27.7 Å². The molecule has 1 N–H and O–H groups in total. The summed E-state index contributed by atoms with van der Waals surface area (Å²) in [6, 6.07) is 3.16. The van der Waals surface area contributed by atoms with Gasteiger partial charge in [-0.25, -0.2) is 0 Å². The Labute approximate surface area is 149 Å². The van der Waals surface area contributed by atoms with Crippen molar-refractivity contribution in [1.29, 1.82) is 0 Å². The molecule has 2 aromatic carbocycles. The summed E-state index contributed by atoms with van der Waals surface area (Å²) in [5.41, 5.74) is 5.90. The summed E-state index contributed by atoms with van der Waals surface area (Å²) in [5.74, 6) is -0.560. The first kappa shape index (κ1) is 16.3. The van der Waals surface area contributed by atoms with Gasteiger partial charge in [0.25, 0.3) is 11.8 Å². The predicted octanol–water partition coefficient (Wildman–Crippen LogP) is 2.59. The van der Waals surface area contributed by atoms with Crippen molar-refractivity contribution in [3.63, 3.8) is 0 Å². The van der Waals surface area contributed by atoms with E-state index in [-0.39, 0.29) is 17.6 Å². The van der Waals surface area contributed by atoms with Crippen LogP contribution in [0.5, 0.6) is 5.75 Å². The third-order valence-corrected chi connectivity index (χ3v) is 5.41. The fourth-order valence-corrected chi connectivity index (χ4v) is 3.39. The molecular formula is C19H18N4O3. The normalized spacial score (nSPS) is 13.8. The van der Waals surface area contributed by atoms with Gasteiger partial charge in [-0.2, -0.15) is 0 Å². The Morgan fingerprint density at radius 2 is 1.27 bits per heavy atom. The minimum absolute atomic E-state index is 0.130. The van der Waals surface area contributed by atoms with Crippen LogP contribution in [0.1, 0.15) is 43.0 Å². The molecule has 0 fully saturated rings. The highest BCUT2D eigenvalue weighted by atomic mass is 16.3. The van der Waals surface area contributed by atoms with Crippen LogP contribution in [-0.4, -0.2) is 43.9 Å². The highest BCUT2D eigenvalue weighted by Gasteiger charge is 2.33. The lowest BCUT2D eigenvalue weighted by Gasteiger charge is -2.15. The van der Waals surface area contributed by atoms with Crippen molar-refractivity contribution in [3.05, 3.63) is 45.5 Å². The summed E-state index contributed by atoms with van der Waals surface area (Å²) >= 11 is 0. The molecule has 0 aliphatic carbocycles. The van der Waals surface area contributed by atoms with E-state index in [4.69, 9.17) is 0 Å². The molecule has 0 spiro atoms. The number of fused-ring (bicyclic) bond motifs is 2. The SMILES string of the molecule is Cc1c(C)c(C)c(-n2nc3cc4c(cc3n2)C(=O)N(C)C4=O)c(O)c1C. The molecule has 3 aromatic rings. The number of benzene rings is 2. The monoisotopic (exact) mass is 350 g/mol. The van der Waals surface area contributed by atoms with Crippen LogP contribution in [0.3, 0.4) is 0 Å². The largest absolute Gasteiger partial charge is 0.505 e. The first-order chi connectivity index (χ1) is 12.2. The second kappa shape index (κ2) is 5.14. The maximum Gasteiger partial charge on any atom is 0.261 e. The highest BCUT2D eigenvalue weighted by Crippen LogP contribution is 2.34. The van der Waals surface area contributed by atoms with Gasteiger partial charge in [-0.15, -0.1) is 15.0 Å². The first-order valence-electron chi connectivity index (χ1n) is 8.25. The van der Waals surface area contributed by atoms with E-state index in [0.29, 0.717) is 27.8 Å². The number of carbonyl (C=O) groups excluding carboxylic acids is 2. The third kappa shape index (κ3) is 1.94. The number of nitrogens with zero attached hydrogens (tertiary/aromatic N) is 4. The van der Waals surface area contributed by atoms with E-state index in [9.17, 15) is 14.7 Å². The number of imide groups is 1. The van der Waals surface area contributed by atoms with Crippen molar-refractivity contribution in [2.45, 2.75) is 27.7 Å². The zero-order valence-electron chi connectivity index (χ0n) is 15.2. The van der Waals surface area contributed by atoms with Crippen LogP contribution >= 0.6 is 0 Å². The predicted molar refractivity (Wildman–Crippen MR) is 95.9 cm³/mol. The smallest absolute Gasteiger partial charge is 0.261 e. The second-order valence-electron chi connectivity index (χ2n) is 6.74. The minimum atomic E-state index is -0.345. The number of amides is 2. The van der Waals surface area contributed by atoms with Crippen molar-refractivity contribution in [1.82, 2.24) is 19.9 Å². The lowest BCUT2D eigenvalue weighted by molar-refractivity contribution is 0.0693. The van der Waals surface area contributed by atoms with Crippen LogP contribution in [0, 0.1) is 27.7 Å². The lowest BCUT2D eigenvalue weighted by atomic mass is 9.97. The summed E-state index contributed by atoms with van der Waals surface area (Å²) in [7, 11) is 1.45. The molecule has 7 heteroatoms. The van der Waals surface area contributed by atoms with E-state index in [2.05, 4.69) is 10.2 Å². The molecule has 0 saturated heterocycles. The standard InChI is InChI=1S/C19H18N4O3/c1-8-9(2)11(4)17(24)16(10(8)3)23-20-14-6-12-13(7-15(14)21-23)19(26)22(5)18(12)25/h6-7,24H,1-5H3. The van der Waals surface area contributed by atoms with Gasteiger partial charge in [0.15, 0.2) is 0 Å². The summed E-state index contributed by atoms with van der Waals surface area (Å²) < 4.78 is 0. The molecule has 0 radical (unpaired) electrons. The molecule has 2 amide bonds. The van der Waals surface area contributed by atoms with E-state index in [0.717, 1.165) is 27.2 Å². The van der Waals surface area contributed by atoms with Gasteiger partial charge in [0, 0.05) is 7.05 Å². The molecule has 132 valence electrons. The summed E-state index contributed by atoms with van der Waals surface area (Å²) in [5, 5.41) is 19.5. The average Bonchev–Trinajstić information content (AvgIpc) is 3.12. The Hall–Kier alpha value is -3.22. The molecule has 0 bridgehead atoms. The zero-order chi connectivity index (χ0) is 18.9. The van der Waals surface area contributed by atoms with Crippen LogP contribution in [0.2, 0.25) is 0 Å². The number of hydrogen-bond acceptors (Lipinski definition) is 5. The fraction of sp³-hybridized carbons (Fsp3) is 0.263. The fourth-order valence-electron chi connectivity index (χ4n) is 3.39. The van der Waals surface area contributed by atoms with Gasteiger partial charge in [0.05, 0.1) is 11.1 Å². The molecule has 1 aromatic heterocycles. The molecular weight excluding hydrogens is 332 g/mol. The first-order valence-corrected chi connectivity index (χ1v) is 8.25. The number of hydrogen-bond donors (Lipinski definition) is 1. The molecule has 7 nitrogen and oxygen atoms in total. The molecule has 1 aliphatic rings. The van der Waals surface area contributed by atoms with E-state index in [1.54, 1.807) is 12.1 Å². The molecule has 4 rings (SSSR count). The number of carbonyl (C=O) groups is 2. The van der Waals surface area contributed by atoms with Crippen LogP contribution < -0.4 is 0 Å². The molecule has 0 saturated carbocycles. The number of phenolic OH excluding ortho intramolecular Hbond substituents is 1. The maximum atomic E-state index is 12.2. The second-order valence-corrected chi connectivity index (χ2v) is 6.74. The molecule has 0 unspecified atom stereocenters. The van der Waals surface area contributed by atoms with E-state index in [1.165, 1.54) is 11.8 Å². The Morgan fingerprint density at radius 3 is 1.77 bits per heavy atom. The van der Waals surface area contributed by atoms with Gasteiger partial charge >= 0.3 is 0 Å². The molecule has 0 atom stereocenters. The lowest BCUT2D eigenvalue weighted by Crippen LogP contribution is -2.24. The van der Waals surface area contributed by atoms with Crippen molar-refractivity contribution in [2.75, 3.05) is 7.05 Å². The number of aromatic hydroxyl groups is 1. The Kier molecular flexibility index (Phi) is 3.21. The van der Waals surface area contributed by atoms with Crippen LogP contribution in [0.25, 0.3) is 16.7 Å². The van der Waals surface area contributed by atoms with Crippen molar-refractivity contribution in [2.24, 2.45) is 0 Å². The van der Waals surface area contributed by atoms with Crippen molar-refractivity contribution >= 4 is 22.8 Å². The van der Waals surface area contributed by atoms with Crippen LogP contribution in [0.15, 0.2) is 12.1 Å². The Balaban J connectivity index is 1.97. The van der Waals surface area contributed by atoms with Crippen LogP contribution in [-0.2, 0) is 0 Å². The molecule has 2 heterocycles. The van der Waals surface area contributed by atoms with E-state index < -0.39 is 0 Å². The quantitative estimate of drug-likeness (QED) is 0.682. The van der Waals surface area contributed by atoms with Crippen molar-refractivity contribution < 1.29 is 14.7 Å². The summed E-state index contributed by atoms with van der Waals surface area (Å²) in [6.07, 6.45) is 0. The third-order valence-electron chi connectivity index (χ3n) is 5.41. The number of phenols is 1. The van der Waals surface area contributed by atoms with Gasteiger partial charge in [0.1, 0.15) is 22.5 Å². The van der Waals surface area contributed by atoms with Gasteiger partial charge in [-0.1, -0.05) is 0 Å². The van der Waals surface area contributed by atoms with E-state index >= 15 is 0 Å². The minimum Gasteiger partial charge on any atom is -0.505 e. The van der Waals surface area contributed by atoms with Crippen molar-refractivity contribution in [3.8, 4) is 11.4 Å².